The summed E-state index contributed by atoms with van der Waals surface area (Å²) in [5, 5.41) is 4.53. The van der Waals surface area contributed by atoms with Crippen LogP contribution in [0.25, 0.3) is 0 Å². The fourth-order valence-corrected chi connectivity index (χ4v) is 3.43. The molecular formula is C17H27ClN2. The van der Waals surface area contributed by atoms with E-state index in [0.717, 1.165) is 11.6 Å². The monoisotopic (exact) mass is 294 g/mol. The Morgan fingerprint density at radius 3 is 2.55 bits per heavy atom. The minimum atomic E-state index is 0.324. The van der Waals surface area contributed by atoms with E-state index in [1.807, 2.05) is 12.1 Å². The second-order valence-electron chi connectivity index (χ2n) is 6.34. The van der Waals surface area contributed by atoms with E-state index in [0.29, 0.717) is 11.6 Å². The van der Waals surface area contributed by atoms with Crippen molar-refractivity contribution in [2.45, 2.75) is 50.6 Å². The van der Waals surface area contributed by atoms with Crippen molar-refractivity contribution in [2.24, 2.45) is 0 Å². The fraction of sp³-hybridized carbons (Fsp3) is 0.647. The van der Waals surface area contributed by atoms with Gasteiger partial charge in [-0.2, -0.15) is 0 Å². The minimum absolute atomic E-state index is 0.324. The van der Waals surface area contributed by atoms with Crippen LogP contribution < -0.4 is 5.32 Å². The van der Waals surface area contributed by atoms with Gasteiger partial charge in [-0.1, -0.05) is 43.0 Å². The van der Waals surface area contributed by atoms with Crippen molar-refractivity contribution in [3.05, 3.63) is 34.9 Å². The third kappa shape index (κ3) is 3.75. The number of likely N-dealkylation sites (N-methyl/N-ethyl adjacent to an activating group) is 1. The first-order chi connectivity index (χ1) is 9.53. The SMILES string of the molecule is CC(NCC1(N(C)C)CCCCC1)c1cccc(Cl)c1. The molecule has 0 radical (unpaired) electrons. The first-order valence-corrected chi connectivity index (χ1v) is 8.08. The fourth-order valence-electron chi connectivity index (χ4n) is 3.23. The molecule has 1 atom stereocenters. The van der Waals surface area contributed by atoms with E-state index in [-0.39, 0.29) is 0 Å². The van der Waals surface area contributed by atoms with Crippen LogP contribution in [-0.4, -0.2) is 31.1 Å². The summed E-state index contributed by atoms with van der Waals surface area (Å²) in [5.74, 6) is 0. The minimum Gasteiger partial charge on any atom is -0.308 e. The third-order valence-corrected chi connectivity index (χ3v) is 5.05. The van der Waals surface area contributed by atoms with Gasteiger partial charge in [-0.3, -0.25) is 0 Å². The van der Waals surface area contributed by atoms with Gasteiger partial charge in [-0.15, -0.1) is 0 Å². The van der Waals surface area contributed by atoms with Gasteiger partial charge in [0.1, 0.15) is 0 Å². The first-order valence-electron chi connectivity index (χ1n) is 7.70. The highest BCUT2D eigenvalue weighted by atomic mass is 35.5. The van der Waals surface area contributed by atoms with Gasteiger partial charge in [0.25, 0.3) is 0 Å². The Balaban J connectivity index is 1.98. The van der Waals surface area contributed by atoms with E-state index in [9.17, 15) is 0 Å². The molecule has 1 aliphatic rings. The highest BCUT2D eigenvalue weighted by Crippen LogP contribution is 2.32. The molecule has 0 saturated heterocycles. The zero-order valence-electron chi connectivity index (χ0n) is 13.0. The number of hydrogen-bond acceptors (Lipinski definition) is 2. The zero-order chi connectivity index (χ0) is 14.6. The van der Waals surface area contributed by atoms with E-state index in [1.54, 1.807) is 0 Å². The van der Waals surface area contributed by atoms with Crippen LogP contribution in [0.1, 0.15) is 50.6 Å². The molecule has 1 N–H and O–H groups in total. The van der Waals surface area contributed by atoms with Crippen LogP contribution in [0.4, 0.5) is 0 Å². The highest BCUT2D eigenvalue weighted by Gasteiger charge is 2.34. The van der Waals surface area contributed by atoms with Gasteiger partial charge >= 0.3 is 0 Å². The third-order valence-electron chi connectivity index (χ3n) is 4.82. The number of halogens is 1. The van der Waals surface area contributed by atoms with Gasteiger partial charge < -0.3 is 10.2 Å². The van der Waals surface area contributed by atoms with Crippen molar-refractivity contribution >= 4 is 11.6 Å². The van der Waals surface area contributed by atoms with Crippen LogP contribution in [0.15, 0.2) is 24.3 Å². The lowest BCUT2D eigenvalue weighted by molar-refractivity contribution is 0.0958. The Bertz CT molecular complexity index is 425. The van der Waals surface area contributed by atoms with Crippen molar-refractivity contribution in [1.82, 2.24) is 10.2 Å². The van der Waals surface area contributed by atoms with E-state index in [4.69, 9.17) is 11.6 Å². The summed E-state index contributed by atoms with van der Waals surface area (Å²) in [6.07, 6.45) is 6.70. The molecule has 2 rings (SSSR count). The molecule has 0 amide bonds. The molecule has 0 aromatic heterocycles. The van der Waals surface area contributed by atoms with Gasteiger partial charge in [0.05, 0.1) is 0 Å². The van der Waals surface area contributed by atoms with Crippen molar-refractivity contribution in [2.75, 3.05) is 20.6 Å². The molecule has 0 bridgehead atoms. The summed E-state index contributed by atoms with van der Waals surface area (Å²) in [6, 6.07) is 8.50. The Labute approximate surface area is 128 Å². The molecule has 3 heteroatoms. The number of rotatable bonds is 5. The highest BCUT2D eigenvalue weighted by molar-refractivity contribution is 6.30. The molecule has 2 nitrogen and oxygen atoms in total. The lowest BCUT2D eigenvalue weighted by atomic mass is 9.80. The molecule has 1 aromatic carbocycles. The number of nitrogens with zero attached hydrogens (tertiary/aromatic N) is 1. The van der Waals surface area contributed by atoms with E-state index in [2.05, 4.69) is 43.4 Å². The summed E-state index contributed by atoms with van der Waals surface area (Å²) in [6.45, 7) is 3.27. The van der Waals surface area contributed by atoms with Crippen molar-refractivity contribution in [3.63, 3.8) is 0 Å². The van der Waals surface area contributed by atoms with Crippen LogP contribution in [-0.2, 0) is 0 Å². The molecule has 112 valence electrons. The molecular weight excluding hydrogens is 268 g/mol. The molecule has 1 aromatic rings. The predicted molar refractivity (Wildman–Crippen MR) is 87.4 cm³/mol. The van der Waals surface area contributed by atoms with E-state index in [1.165, 1.54) is 37.7 Å². The Morgan fingerprint density at radius 2 is 1.95 bits per heavy atom. The molecule has 1 unspecified atom stereocenters. The average molecular weight is 295 g/mol. The molecule has 1 fully saturated rings. The predicted octanol–water partition coefficient (Wildman–Crippen LogP) is 4.26. The van der Waals surface area contributed by atoms with Gasteiger partial charge in [0.15, 0.2) is 0 Å². The second-order valence-corrected chi connectivity index (χ2v) is 6.77. The van der Waals surface area contributed by atoms with Crippen LogP contribution in [0, 0.1) is 0 Å². The van der Waals surface area contributed by atoms with Crippen molar-refractivity contribution in [3.8, 4) is 0 Å². The Kier molecular flexibility index (Phi) is 5.48. The van der Waals surface area contributed by atoms with Crippen LogP contribution in [0.5, 0.6) is 0 Å². The molecule has 20 heavy (non-hydrogen) atoms. The maximum Gasteiger partial charge on any atom is 0.0409 e. The second kappa shape index (κ2) is 6.93. The topological polar surface area (TPSA) is 15.3 Å². The normalized spacial score (nSPS) is 20.1. The number of benzene rings is 1. The Morgan fingerprint density at radius 1 is 1.25 bits per heavy atom. The summed E-state index contributed by atoms with van der Waals surface area (Å²) in [7, 11) is 4.44. The summed E-state index contributed by atoms with van der Waals surface area (Å²) in [4.78, 5) is 2.42. The summed E-state index contributed by atoms with van der Waals surface area (Å²) < 4.78 is 0. The lowest BCUT2D eigenvalue weighted by Gasteiger charge is -2.44. The maximum absolute atomic E-state index is 6.08. The average Bonchev–Trinajstić information content (AvgIpc) is 2.45. The van der Waals surface area contributed by atoms with Gasteiger partial charge in [0.2, 0.25) is 0 Å². The quantitative estimate of drug-likeness (QED) is 0.873. The van der Waals surface area contributed by atoms with Crippen LogP contribution in [0.3, 0.4) is 0 Å². The molecule has 0 heterocycles. The number of nitrogens with one attached hydrogen (secondary N) is 1. The van der Waals surface area contributed by atoms with Gasteiger partial charge in [-0.05, 0) is 51.6 Å². The molecule has 1 saturated carbocycles. The van der Waals surface area contributed by atoms with Crippen molar-refractivity contribution in [1.29, 1.82) is 0 Å². The molecule has 0 spiro atoms. The largest absolute Gasteiger partial charge is 0.308 e. The maximum atomic E-state index is 6.08. The van der Waals surface area contributed by atoms with Gasteiger partial charge in [0, 0.05) is 23.1 Å². The van der Waals surface area contributed by atoms with Crippen molar-refractivity contribution < 1.29 is 0 Å². The molecule has 0 aliphatic heterocycles. The summed E-state index contributed by atoms with van der Waals surface area (Å²) in [5.41, 5.74) is 1.59. The Hall–Kier alpha value is -0.570. The van der Waals surface area contributed by atoms with Crippen LogP contribution in [0.2, 0.25) is 5.02 Å². The summed E-state index contributed by atoms with van der Waals surface area (Å²) >= 11 is 6.08. The number of hydrogen-bond donors (Lipinski definition) is 1. The lowest BCUT2D eigenvalue weighted by Crippen LogP contribution is -2.53. The zero-order valence-corrected chi connectivity index (χ0v) is 13.7. The smallest absolute Gasteiger partial charge is 0.0409 e. The standard InChI is InChI=1S/C17H27ClN2/c1-14(15-8-7-9-16(18)12-15)19-13-17(20(2)3)10-5-4-6-11-17/h7-9,12,14,19H,4-6,10-11,13H2,1-3H3. The molecule has 1 aliphatic carbocycles. The first kappa shape index (κ1) is 15.8. The van der Waals surface area contributed by atoms with E-state index < -0.39 is 0 Å². The van der Waals surface area contributed by atoms with E-state index >= 15 is 0 Å². The van der Waals surface area contributed by atoms with Crippen LogP contribution >= 0.6 is 11.6 Å². The van der Waals surface area contributed by atoms with Gasteiger partial charge in [-0.25, -0.2) is 0 Å².